The van der Waals surface area contributed by atoms with Crippen molar-refractivity contribution in [1.82, 2.24) is 13.7 Å². The van der Waals surface area contributed by atoms with Gasteiger partial charge in [0, 0.05) is 77.8 Å². The third-order valence-electron chi connectivity index (χ3n) is 19.9. The Morgan fingerprint density at radius 3 is 1.13 bits per heavy atom. The summed E-state index contributed by atoms with van der Waals surface area (Å²) in [6.45, 7) is 13.7. The third-order valence-corrected chi connectivity index (χ3v) is 19.9. The lowest BCUT2D eigenvalue weighted by Crippen LogP contribution is -2.61. The average Bonchev–Trinajstić information content (AvgIpc) is 1.41. The quantitative estimate of drug-likeness (QED) is 0.148. The van der Waals surface area contributed by atoms with E-state index >= 15 is 0 Å². The topological polar surface area (TPSA) is 21.3 Å². The van der Waals surface area contributed by atoms with Crippen molar-refractivity contribution in [1.29, 1.82) is 0 Å². The van der Waals surface area contributed by atoms with E-state index in [9.17, 15) is 0 Å². The number of anilines is 6. The van der Waals surface area contributed by atoms with Gasteiger partial charge in [0.05, 0.1) is 38.8 Å². The number of benzene rings is 13. The number of hydrogen-bond acceptors (Lipinski definition) is 2. The zero-order valence-corrected chi connectivity index (χ0v) is 52.5. The number of nitrogens with zero attached hydrogens (tertiary/aromatic N) is 5. The van der Waals surface area contributed by atoms with E-state index in [-0.39, 0.29) is 17.5 Å². The Hall–Kier alpha value is -11.1. The summed E-state index contributed by atoms with van der Waals surface area (Å²) in [5.74, 6) is 0. The van der Waals surface area contributed by atoms with E-state index in [2.05, 4.69) is 356 Å². The molecule has 13 aromatic carbocycles. The maximum Gasteiger partial charge on any atom is 0.252 e. The molecule has 0 saturated heterocycles. The molecule has 16 aromatic rings. The highest BCUT2D eigenvalue weighted by molar-refractivity contribution is 7.00. The highest BCUT2D eigenvalue weighted by Crippen LogP contribution is 2.53. The molecule has 0 fully saturated rings. The lowest BCUT2D eigenvalue weighted by Gasteiger charge is -2.44. The van der Waals surface area contributed by atoms with Gasteiger partial charge in [0.1, 0.15) is 0 Å². The molecule has 2 aliphatic rings. The van der Waals surface area contributed by atoms with Gasteiger partial charge in [0.25, 0.3) is 6.71 Å². The summed E-state index contributed by atoms with van der Waals surface area (Å²) < 4.78 is 7.73. The standard InChI is InChI=1S/C86H66BN5/c1-85(2,3)59-46-41-55(42-47-59)57-25-24-32-64(51-57)89-75-52-58(56-43-48-60(49-44-56)86(4,5)6)45-50-70(75)87-69-36-19-23-40-74(69)88(61-26-10-7-11-27-61)76-53-65(54-77(89)81(76)87)92-73-39-22-18-35-68(73)80-83-78(66-33-16-20-37-71(66)90(83)62-28-12-8-13-29-62)82-79(84(80)92)67-34-17-21-38-72(67)91(82)63-30-14-9-15-31-63/h7-54H,1-6H3. The van der Waals surface area contributed by atoms with Crippen molar-refractivity contribution in [3.63, 3.8) is 0 Å². The average molecular weight is 1180 g/mol. The van der Waals surface area contributed by atoms with Crippen LogP contribution < -0.4 is 26.2 Å². The van der Waals surface area contributed by atoms with Crippen molar-refractivity contribution in [2.45, 2.75) is 52.4 Å². The largest absolute Gasteiger partial charge is 0.311 e. The summed E-state index contributed by atoms with van der Waals surface area (Å²) in [6, 6.07) is 110. The van der Waals surface area contributed by atoms with Crippen molar-refractivity contribution in [3.05, 3.63) is 302 Å². The molecule has 0 atom stereocenters. The van der Waals surface area contributed by atoms with E-state index in [1.807, 2.05) is 0 Å². The van der Waals surface area contributed by atoms with Crippen LogP contribution in [0.5, 0.6) is 0 Å². The second-order valence-corrected chi connectivity index (χ2v) is 27.3. The first-order chi connectivity index (χ1) is 45.0. The van der Waals surface area contributed by atoms with Gasteiger partial charge >= 0.3 is 0 Å². The van der Waals surface area contributed by atoms with Crippen molar-refractivity contribution < 1.29 is 0 Å². The van der Waals surface area contributed by atoms with Gasteiger partial charge in [-0.3, -0.25) is 0 Å². The van der Waals surface area contributed by atoms with E-state index in [0.717, 1.165) is 67.6 Å². The van der Waals surface area contributed by atoms with Crippen LogP contribution in [0.4, 0.5) is 34.1 Å². The SMILES string of the molecule is CC(C)(C)c1ccc(-c2cccc(N3c4cc(-c5ccc(C(C)(C)C)cc5)ccc4B4c5ccccc5N(c5ccccc5)c5cc(-n6c7ccccc7c7c8c(c9ccccc9n8-c8ccccc8)c8c(c9ccccc9n8-c8ccccc8)c76)cc3c54)c2)cc1. The van der Waals surface area contributed by atoms with Gasteiger partial charge in [0.2, 0.25) is 0 Å². The van der Waals surface area contributed by atoms with Gasteiger partial charge < -0.3 is 23.5 Å². The first-order valence-corrected chi connectivity index (χ1v) is 32.4. The lowest BCUT2D eigenvalue weighted by molar-refractivity contribution is 0.590. The number of fused-ring (bicyclic) bond motifs is 16. The highest BCUT2D eigenvalue weighted by atomic mass is 15.2. The first kappa shape index (κ1) is 53.9. The monoisotopic (exact) mass is 1180 g/mol. The van der Waals surface area contributed by atoms with Crippen molar-refractivity contribution in [2.75, 3.05) is 9.80 Å². The number of para-hydroxylation sites is 7. The van der Waals surface area contributed by atoms with Crippen LogP contribution in [-0.2, 0) is 10.8 Å². The van der Waals surface area contributed by atoms with Crippen LogP contribution in [-0.4, -0.2) is 20.4 Å². The fraction of sp³-hybridized carbons (Fsp3) is 0.0930. The second kappa shape index (κ2) is 20.2. The van der Waals surface area contributed by atoms with E-state index in [0.29, 0.717) is 0 Å². The minimum Gasteiger partial charge on any atom is -0.311 e. The summed E-state index contributed by atoms with van der Waals surface area (Å²) in [7, 11) is 0. The summed E-state index contributed by atoms with van der Waals surface area (Å²) >= 11 is 0. The molecule has 0 aliphatic carbocycles. The summed E-state index contributed by atoms with van der Waals surface area (Å²) in [5.41, 5.74) is 28.3. The number of hydrogen-bond donors (Lipinski definition) is 0. The predicted molar refractivity (Wildman–Crippen MR) is 392 cm³/mol. The molecule has 0 unspecified atom stereocenters. The van der Waals surface area contributed by atoms with Gasteiger partial charge in [-0.15, -0.1) is 0 Å². The van der Waals surface area contributed by atoms with Gasteiger partial charge in [-0.25, -0.2) is 0 Å². The number of aromatic nitrogens is 3. The molecule has 6 heteroatoms. The van der Waals surface area contributed by atoms with Crippen LogP contribution in [0, 0.1) is 0 Å². The summed E-state index contributed by atoms with van der Waals surface area (Å²) in [4.78, 5) is 5.16. The van der Waals surface area contributed by atoms with Crippen LogP contribution in [0.15, 0.2) is 291 Å². The van der Waals surface area contributed by atoms with Crippen molar-refractivity contribution in [3.8, 4) is 39.3 Å². The van der Waals surface area contributed by atoms with Gasteiger partial charge in [-0.05, 0) is 152 Å². The van der Waals surface area contributed by atoms with Gasteiger partial charge in [-0.1, -0.05) is 242 Å². The van der Waals surface area contributed by atoms with Crippen LogP contribution in [0.3, 0.4) is 0 Å². The Labute approximate surface area is 537 Å². The molecular formula is C86H66BN5. The van der Waals surface area contributed by atoms with Crippen LogP contribution in [0.2, 0.25) is 0 Å². The molecule has 2 aliphatic heterocycles. The molecule has 0 N–H and O–H groups in total. The van der Waals surface area contributed by atoms with E-state index < -0.39 is 0 Å². The smallest absolute Gasteiger partial charge is 0.252 e. The van der Waals surface area contributed by atoms with E-state index in [4.69, 9.17) is 0 Å². The summed E-state index contributed by atoms with van der Waals surface area (Å²) in [6.07, 6.45) is 0. The first-order valence-electron chi connectivity index (χ1n) is 32.4. The number of rotatable bonds is 7. The maximum atomic E-state index is 2.64. The molecule has 18 rings (SSSR count). The molecular weight excluding hydrogens is 1110 g/mol. The highest BCUT2D eigenvalue weighted by Gasteiger charge is 2.44. The molecule has 0 radical (unpaired) electrons. The second-order valence-electron chi connectivity index (χ2n) is 27.3. The van der Waals surface area contributed by atoms with Crippen molar-refractivity contribution >= 4 is 123 Å². The molecule has 0 amide bonds. The fourth-order valence-corrected chi connectivity index (χ4v) is 15.6. The zero-order valence-electron chi connectivity index (χ0n) is 52.5. The molecule has 0 saturated carbocycles. The maximum absolute atomic E-state index is 2.64. The minimum atomic E-state index is -0.100. The molecule has 5 nitrogen and oxygen atoms in total. The fourth-order valence-electron chi connectivity index (χ4n) is 15.6. The Balaban J connectivity index is 1.02. The minimum absolute atomic E-state index is 0.0256. The Bertz CT molecular complexity index is 5570. The molecule has 5 heterocycles. The summed E-state index contributed by atoms with van der Waals surface area (Å²) in [5, 5.41) is 7.25. The van der Waals surface area contributed by atoms with Crippen LogP contribution >= 0.6 is 0 Å². The van der Waals surface area contributed by atoms with Crippen LogP contribution in [0.1, 0.15) is 52.7 Å². The zero-order chi connectivity index (χ0) is 61.7. The van der Waals surface area contributed by atoms with E-state index in [1.165, 1.54) is 98.8 Å². The third kappa shape index (κ3) is 8.05. The molecule has 3 aromatic heterocycles. The predicted octanol–water partition coefficient (Wildman–Crippen LogP) is 21.0. The Morgan fingerprint density at radius 1 is 0.261 bits per heavy atom. The van der Waals surface area contributed by atoms with Gasteiger partial charge in [-0.2, -0.15) is 0 Å². The van der Waals surface area contributed by atoms with Crippen molar-refractivity contribution in [2.24, 2.45) is 0 Å². The molecule has 0 bridgehead atoms. The van der Waals surface area contributed by atoms with Crippen LogP contribution in [0.25, 0.3) is 105 Å². The Morgan fingerprint density at radius 2 is 0.641 bits per heavy atom. The lowest BCUT2D eigenvalue weighted by atomic mass is 9.33. The van der Waals surface area contributed by atoms with E-state index in [1.54, 1.807) is 0 Å². The molecule has 0 spiro atoms. The normalized spacial score (nSPS) is 13.0. The Kier molecular flexibility index (Phi) is 11.8. The van der Waals surface area contributed by atoms with Gasteiger partial charge in [0.15, 0.2) is 0 Å². The molecule has 92 heavy (non-hydrogen) atoms. The molecule has 438 valence electrons.